The molecule has 0 atom stereocenters. The topological polar surface area (TPSA) is 40.6 Å². The fourth-order valence-corrected chi connectivity index (χ4v) is 7.26. The molecule has 0 amide bonds. The number of nitrogens with zero attached hydrogens (tertiary/aromatic N) is 5. The summed E-state index contributed by atoms with van der Waals surface area (Å²) in [6.07, 6.45) is 4.30. The Bertz CT molecular complexity index is 2730. The van der Waals surface area contributed by atoms with Crippen molar-refractivity contribution in [1.29, 1.82) is 0 Å². The highest BCUT2D eigenvalue weighted by molar-refractivity contribution is 6.15. The molecule has 0 N–H and O–H groups in total. The van der Waals surface area contributed by atoms with Crippen LogP contribution in [0.5, 0.6) is 0 Å². The fraction of sp³-hybridized carbons (Fsp3) is 0. The highest BCUT2D eigenvalue weighted by Crippen LogP contribution is 2.40. The molecular formula is C42H27N5. The zero-order valence-corrected chi connectivity index (χ0v) is 25.3. The smallest absolute Gasteiger partial charge is 0.235 e. The van der Waals surface area contributed by atoms with E-state index in [1.54, 1.807) is 0 Å². The van der Waals surface area contributed by atoms with Crippen LogP contribution in [0.3, 0.4) is 0 Å². The summed E-state index contributed by atoms with van der Waals surface area (Å²) in [4.78, 5) is 10.8. The molecule has 220 valence electrons. The molecular weight excluding hydrogens is 574 g/mol. The van der Waals surface area contributed by atoms with Gasteiger partial charge in [0.1, 0.15) is 0 Å². The first-order chi connectivity index (χ1) is 23.3. The van der Waals surface area contributed by atoms with Gasteiger partial charge in [-0.05, 0) is 42.5 Å². The van der Waals surface area contributed by atoms with E-state index >= 15 is 0 Å². The van der Waals surface area contributed by atoms with Crippen molar-refractivity contribution < 1.29 is 0 Å². The molecule has 0 aliphatic rings. The maximum absolute atomic E-state index is 5.50. The highest BCUT2D eigenvalue weighted by Gasteiger charge is 2.22. The van der Waals surface area contributed by atoms with Gasteiger partial charge in [0.25, 0.3) is 0 Å². The fourth-order valence-electron chi connectivity index (χ4n) is 7.26. The normalized spacial score (nSPS) is 11.8. The van der Waals surface area contributed by atoms with Gasteiger partial charge < -0.3 is 9.13 Å². The number of fused-ring (bicyclic) bond motifs is 7. The van der Waals surface area contributed by atoms with Gasteiger partial charge in [-0.2, -0.15) is 0 Å². The minimum atomic E-state index is 0.648. The molecule has 10 aromatic rings. The van der Waals surface area contributed by atoms with E-state index < -0.39 is 0 Å². The number of aromatic nitrogens is 5. The van der Waals surface area contributed by atoms with Crippen molar-refractivity contribution in [3.05, 3.63) is 164 Å². The largest absolute Gasteiger partial charge is 0.321 e. The van der Waals surface area contributed by atoms with Crippen molar-refractivity contribution in [2.45, 2.75) is 0 Å². The van der Waals surface area contributed by atoms with Crippen LogP contribution in [-0.4, -0.2) is 23.7 Å². The highest BCUT2D eigenvalue weighted by atomic mass is 15.2. The molecule has 10 rings (SSSR count). The number of benzene rings is 6. The van der Waals surface area contributed by atoms with Gasteiger partial charge in [0.2, 0.25) is 5.95 Å². The molecule has 0 saturated heterocycles. The molecule has 0 bridgehead atoms. The van der Waals surface area contributed by atoms with Crippen molar-refractivity contribution >= 4 is 54.5 Å². The van der Waals surface area contributed by atoms with Crippen LogP contribution in [0.4, 0.5) is 0 Å². The van der Waals surface area contributed by atoms with Gasteiger partial charge >= 0.3 is 0 Å². The van der Waals surface area contributed by atoms with Crippen molar-refractivity contribution in [2.24, 2.45) is 0 Å². The molecule has 47 heavy (non-hydrogen) atoms. The standard InChI is InChI=1S/C42H27N5/c1-3-14-28(15-4-1)45-26-35-36(27-45)43-42(47-38-24-11-7-18-30(38)31-19-8-12-25-39(31)47)44-40(35)34-22-13-21-33-32-20-9-10-23-37(32)46(41(33)34)29-16-5-2-6-17-29/h1-27H. The van der Waals surface area contributed by atoms with Crippen LogP contribution in [0.25, 0.3) is 83.1 Å². The molecule has 0 aliphatic carbocycles. The summed E-state index contributed by atoms with van der Waals surface area (Å²) in [5.74, 6) is 0.648. The molecule has 5 nitrogen and oxygen atoms in total. The quantitative estimate of drug-likeness (QED) is 0.201. The Labute approximate surface area is 270 Å². The monoisotopic (exact) mass is 601 g/mol. The van der Waals surface area contributed by atoms with Crippen LogP contribution in [0, 0.1) is 0 Å². The van der Waals surface area contributed by atoms with Crippen LogP contribution < -0.4 is 0 Å². The Balaban J connectivity index is 1.35. The van der Waals surface area contributed by atoms with Crippen LogP contribution in [0.2, 0.25) is 0 Å². The third kappa shape index (κ3) is 3.83. The van der Waals surface area contributed by atoms with Gasteiger partial charge in [-0.3, -0.25) is 4.57 Å². The predicted molar refractivity (Wildman–Crippen MR) is 193 cm³/mol. The second-order valence-corrected chi connectivity index (χ2v) is 11.9. The molecule has 5 heteroatoms. The Kier molecular flexibility index (Phi) is 5.51. The number of rotatable bonds is 4. The molecule has 0 unspecified atom stereocenters. The van der Waals surface area contributed by atoms with E-state index in [9.17, 15) is 0 Å². The lowest BCUT2D eigenvalue weighted by Gasteiger charge is -2.13. The van der Waals surface area contributed by atoms with Gasteiger partial charge in [0.05, 0.1) is 33.3 Å². The molecule has 0 fully saturated rings. The first-order valence-electron chi connectivity index (χ1n) is 15.9. The Morgan fingerprint density at radius 3 is 1.57 bits per heavy atom. The van der Waals surface area contributed by atoms with Crippen molar-refractivity contribution in [3.63, 3.8) is 0 Å². The summed E-state index contributed by atoms with van der Waals surface area (Å²) in [5, 5.41) is 5.76. The Hall–Kier alpha value is -6.46. The molecule has 0 radical (unpaired) electrons. The lowest BCUT2D eigenvalue weighted by molar-refractivity contribution is 1.01. The molecule has 0 aliphatic heterocycles. The summed E-state index contributed by atoms with van der Waals surface area (Å²) >= 11 is 0. The van der Waals surface area contributed by atoms with E-state index in [1.807, 2.05) is 6.07 Å². The SMILES string of the molecule is c1ccc(-n2cc3nc(-n4c5ccccc5c5ccccc54)nc(-c4cccc5c6ccccc6n(-c6ccccc6)c45)c3c2)cc1. The van der Waals surface area contributed by atoms with E-state index in [4.69, 9.17) is 9.97 Å². The maximum Gasteiger partial charge on any atom is 0.235 e. The summed E-state index contributed by atoms with van der Waals surface area (Å²) in [6, 6.07) is 53.3. The van der Waals surface area contributed by atoms with Crippen molar-refractivity contribution in [3.8, 4) is 28.6 Å². The molecule has 4 heterocycles. The average Bonchev–Trinajstić information content (AvgIpc) is 3.82. The number of hydrogen-bond acceptors (Lipinski definition) is 2. The molecule has 6 aromatic carbocycles. The third-order valence-electron chi connectivity index (χ3n) is 9.29. The maximum atomic E-state index is 5.50. The van der Waals surface area contributed by atoms with Crippen LogP contribution >= 0.6 is 0 Å². The van der Waals surface area contributed by atoms with Gasteiger partial charge in [-0.25, -0.2) is 9.97 Å². The minimum Gasteiger partial charge on any atom is -0.321 e. The third-order valence-corrected chi connectivity index (χ3v) is 9.29. The average molecular weight is 602 g/mol. The van der Waals surface area contributed by atoms with Gasteiger partial charge in [0, 0.05) is 56.3 Å². The second-order valence-electron chi connectivity index (χ2n) is 11.9. The number of hydrogen-bond donors (Lipinski definition) is 0. The predicted octanol–water partition coefficient (Wildman–Crippen LogP) is 10.3. The van der Waals surface area contributed by atoms with Gasteiger partial charge in [0.15, 0.2) is 0 Å². The number of para-hydroxylation sites is 6. The van der Waals surface area contributed by atoms with Crippen molar-refractivity contribution in [1.82, 2.24) is 23.7 Å². The minimum absolute atomic E-state index is 0.648. The summed E-state index contributed by atoms with van der Waals surface area (Å²) < 4.78 is 6.74. The van der Waals surface area contributed by atoms with Crippen molar-refractivity contribution in [2.75, 3.05) is 0 Å². The van der Waals surface area contributed by atoms with Crippen LogP contribution in [0.1, 0.15) is 0 Å². The van der Waals surface area contributed by atoms with Gasteiger partial charge in [-0.15, -0.1) is 0 Å². The van der Waals surface area contributed by atoms with E-state index in [0.717, 1.165) is 55.6 Å². The Morgan fingerprint density at radius 2 is 0.915 bits per heavy atom. The zero-order valence-electron chi connectivity index (χ0n) is 25.3. The summed E-state index contributed by atoms with van der Waals surface area (Å²) in [5.41, 5.74) is 9.48. The summed E-state index contributed by atoms with van der Waals surface area (Å²) in [7, 11) is 0. The molecule has 0 saturated carbocycles. The summed E-state index contributed by atoms with van der Waals surface area (Å²) in [6.45, 7) is 0. The second kappa shape index (κ2) is 10.0. The van der Waals surface area contributed by atoms with E-state index in [-0.39, 0.29) is 0 Å². The van der Waals surface area contributed by atoms with Crippen LogP contribution in [0.15, 0.2) is 164 Å². The Morgan fingerprint density at radius 1 is 0.383 bits per heavy atom. The first-order valence-corrected chi connectivity index (χ1v) is 15.9. The lowest BCUT2D eigenvalue weighted by atomic mass is 10.0. The zero-order chi connectivity index (χ0) is 30.9. The van der Waals surface area contributed by atoms with E-state index in [1.165, 1.54) is 21.5 Å². The lowest BCUT2D eigenvalue weighted by Crippen LogP contribution is -2.03. The van der Waals surface area contributed by atoms with E-state index in [2.05, 4.69) is 172 Å². The molecule has 4 aromatic heterocycles. The van der Waals surface area contributed by atoms with Crippen LogP contribution in [-0.2, 0) is 0 Å². The molecule has 0 spiro atoms. The first kappa shape index (κ1) is 25.8. The van der Waals surface area contributed by atoms with Gasteiger partial charge in [-0.1, -0.05) is 109 Å². The van der Waals surface area contributed by atoms with E-state index in [0.29, 0.717) is 5.95 Å².